The molecule has 1 aliphatic carbocycles. The van der Waals surface area contributed by atoms with Crippen LogP contribution in [0.25, 0.3) is 17.1 Å². The third-order valence-electron chi connectivity index (χ3n) is 8.98. The fourth-order valence-corrected chi connectivity index (χ4v) is 7.70. The van der Waals surface area contributed by atoms with Crippen LogP contribution in [0.4, 0.5) is 23.7 Å². The second-order valence-electron chi connectivity index (χ2n) is 12.6. The number of hydrogen-bond donors (Lipinski definition) is 1. The average Bonchev–Trinajstić information content (AvgIpc) is 3.75. The number of anilines is 1. The topological polar surface area (TPSA) is 93.9 Å². The molecule has 4 aromatic rings. The van der Waals surface area contributed by atoms with Crippen molar-refractivity contribution >= 4 is 28.6 Å². The minimum atomic E-state index is -4.75. The van der Waals surface area contributed by atoms with Crippen LogP contribution in [0, 0.1) is 0 Å². The molecule has 2 aliphatic rings. The van der Waals surface area contributed by atoms with Crippen molar-refractivity contribution < 1.29 is 27.4 Å². The number of amides is 2. The number of aromatic nitrogens is 3. The number of aliphatic imine (C=N–C) groups is 1. The van der Waals surface area contributed by atoms with Crippen molar-refractivity contribution in [1.29, 1.82) is 0 Å². The van der Waals surface area contributed by atoms with Gasteiger partial charge in [0, 0.05) is 35.4 Å². The standard InChI is InChI=1S/C36H39F3N6O3S/c1-22(2)29-17-16-28(47-4)20-32(29)45-23(3)18-19-49-35(45)42-34(46)41-31-7-5-6-30(31)24-8-10-25(11-9-24)33-40-21-44(43-33)26-12-14-27(15-13-26)48-36(37,38)39/h8-17,20-23,30-31H,5-7,18-19H2,1-4H3,(H,41,46). The van der Waals surface area contributed by atoms with Gasteiger partial charge in [-0.05, 0) is 73.6 Å². The molecule has 6 rings (SSSR count). The van der Waals surface area contributed by atoms with E-state index in [0.29, 0.717) is 16.7 Å². The van der Waals surface area contributed by atoms with E-state index in [0.717, 1.165) is 54.0 Å². The highest BCUT2D eigenvalue weighted by molar-refractivity contribution is 8.14. The van der Waals surface area contributed by atoms with Crippen molar-refractivity contribution in [3.8, 4) is 28.6 Å². The Morgan fingerprint density at radius 2 is 1.76 bits per heavy atom. The van der Waals surface area contributed by atoms with Crippen LogP contribution in [0.2, 0.25) is 0 Å². The lowest BCUT2D eigenvalue weighted by Gasteiger charge is -2.37. The van der Waals surface area contributed by atoms with E-state index in [1.807, 2.05) is 36.4 Å². The molecular weight excluding hydrogens is 653 g/mol. The number of amidine groups is 1. The summed E-state index contributed by atoms with van der Waals surface area (Å²) in [5, 5.41) is 8.42. The van der Waals surface area contributed by atoms with Gasteiger partial charge in [0.1, 0.15) is 17.8 Å². The van der Waals surface area contributed by atoms with Gasteiger partial charge >= 0.3 is 12.4 Å². The molecule has 1 aromatic heterocycles. The minimum absolute atomic E-state index is 0.0492. The van der Waals surface area contributed by atoms with Crippen LogP contribution in [0.5, 0.6) is 11.5 Å². The average molecular weight is 693 g/mol. The van der Waals surface area contributed by atoms with E-state index >= 15 is 0 Å². The fourth-order valence-electron chi connectivity index (χ4n) is 6.49. The first-order valence-corrected chi connectivity index (χ1v) is 17.3. The molecule has 2 fully saturated rings. The molecule has 3 aromatic carbocycles. The molecule has 3 unspecified atom stereocenters. The second-order valence-corrected chi connectivity index (χ2v) is 13.7. The summed E-state index contributed by atoms with van der Waals surface area (Å²) in [6, 6.07) is 19.3. The molecule has 0 bridgehead atoms. The molecule has 0 spiro atoms. The zero-order chi connectivity index (χ0) is 34.7. The number of hydrogen-bond acceptors (Lipinski definition) is 6. The summed E-state index contributed by atoms with van der Waals surface area (Å²) in [5.41, 5.74) is 4.65. The van der Waals surface area contributed by atoms with Crippen molar-refractivity contribution in [2.45, 2.75) is 76.7 Å². The van der Waals surface area contributed by atoms with Gasteiger partial charge in [0.25, 0.3) is 0 Å². The number of carbonyl (C=O) groups is 1. The Hall–Kier alpha value is -4.52. The number of urea groups is 1. The molecular formula is C36H39F3N6O3S. The van der Waals surface area contributed by atoms with Crippen LogP contribution < -0.4 is 19.7 Å². The SMILES string of the molecule is COc1ccc(C(C)C)c(N2C(=NC(=O)NC3CCCC3c3ccc(-c4ncn(-c5ccc(OC(F)(F)F)cc5)n4)cc3)SCCC2C)c1. The summed E-state index contributed by atoms with van der Waals surface area (Å²) in [6.07, 6.45) is 0.537. The van der Waals surface area contributed by atoms with Crippen molar-refractivity contribution in [2.75, 3.05) is 17.8 Å². The Morgan fingerprint density at radius 1 is 1.02 bits per heavy atom. The molecule has 9 nitrogen and oxygen atoms in total. The van der Waals surface area contributed by atoms with Crippen LogP contribution in [-0.4, -0.2) is 57.3 Å². The number of carbonyl (C=O) groups excluding carboxylic acids is 1. The predicted molar refractivity (Wildman–Crippen MR) is 186 cm³/mol. The number of nitrogens with one attached hydrogen (secondary N) is 1. The van der Waals surface area contributed by atoms with Crippen LogP contribution in [0.1, 0.15) is 69.4 Å². The number of rotatable bonds is 8. The Labute approximate surface area is 287 Å². The third kappa shape index (κ3) is 8.04. The molecule has 2 amide bonds. The number of methoxy groups -OCH3 is 1. The van der Waals surface area contributed by atoms with Gasteiger partial charge in [-0.25, -0.2) is 14.5 Å². The van der Waals surface area contributed by atoms with Gasteiger partial charge in [-0.15, -0.1) is 18.3 Å². The normalized spacial score (nSPS) is 20.5. The van der Waals surface area contributed by atoms with Crippen molar-refractivity contribution in [3.63, 3.8) is 0 Å². The first kappa shape index (κ1) is 34.3. The number of alkyl halides is 3. The highest BCUT2D eigenvalue weighted by atomic mass is 32.2. The quantitative estimate of drug-likeness (QED) is 0.198. The Kier molecular flexibility index (Phi) is 10.2. The van der Waals surface area contributed by atoms with E-state index < -0.39 is 6.36 Å². The molecule has 49 heavy (non-hydrogen) atoms. The molecule has 2 heterocycles. The zero-order valence-corrected chi connectivity index (χ0v) is 28.6. The van der Waals surface area contributed by atoms with Gasteiger partial charge in [-0.1, -0.05) is 62.4 Å². The van der Waals surface area contributed by atoms with E-state index in [1.54, 1.807) is 18.9 Å². The van der Waals surface area contributed by atoms with Gasteiger partial charge < -0.3 is 19.7 Å². The Balaban J connectivity index is 1.14. The zero-order valence-electron chi connectivity index (χ0n) is 27.8. The highest BCUT2D eigenvalue weighted by Gasteiger charge is 2.33. The van der Waals surface area contributed by atoms with Gasteiger partial charge in [0.2, 0.25) is 0 Å². The van der Waals surface area contributed by atoms with Crippen LogP contribution >= 0.6 is 11.8 Å². The summed E-state index contributed by atoms with van der Waals surface area (Å²) in [5.74, 6) is 2.26. The predicted octanol–water partition coefficient (Wildman–Crippen LogP) is 8.70. The maximum Gasteiger partial charge on any atom is 0.573 e. The van der Waals surface area contributed by atoms with Crippen LogP contribution in [0.3, 0.4) is 0 Å². The Bertz CT molecular complexity index is 1790. The van der Waals surface area contributed by atoms with Crippen molar-refractivity contribution in [1.82, 2.24) is 20.1 Å². The summed E-state index contributed by atoms with van der Waals surface area (Å²) in [7, 11) is 1.66. The molecule has 3 atom stereocenters. The number of nitrogens with zero attached hydrogens (tertiary/aromatic N) is 5. The summed E-state index contributed by atoms with van der Waals surface area (Å²) >= 11 is 1.60. The molecule has 1 saturated carbocycles. The molecule has 1 saturated heterocycles. The molecule has 1 aliphatic heterocycles. The van der Waals surface area contributed by atoms with E-state index in [9.17, 15) is 18.0 Å². The van der Waals surface area contributed by atoms with E-state index in [2.05, 4.69) is 56.9 Å². The minimum Gasteiger partial charge on any atom is -0.497 e. The molecule has 1 N–H and O–H groups in total. The van der Waals surface area contributed by atoms with Crippen molar-refractivity contribution in [3.05, 3.63) is 84.2 Å². The van der Waals surface area contributed by atoms with Gasteiger partial charge in [0.05, 0.1) is 18.5 Å². The summed E-state index contributed by atoms with van der Waals surface area (Å²) in [4.78, 5) is 24.7. The number of benzene rings is 3. The largest absolute Gasteiger partial charge is 0.573 e. The highest BCUT2D eigenvalue weighted by Crippen LogP contribution is 2.38. The summed E-state index contributed by atoms with van der Waals surface area (Å²) < 4.78 is 48.5. The van der Waals surface area contributed by atoms with Gasteiger partial charge in [-0.3, -0.25) is 0 Å². The lowest BCUT2D eigenvalue weighted by atomic mass is 9.93. The number of ether oxygens (including phenoxy) is 2. The smallest absolute Gasteiger partial charge is 0.497 e. The maximum absolute atomic E-state index is 13.5. The third-order valence-corrected chi connectivity index (χ3v) is 9.96. The first-order valence-electron chi connectivity index (χ1n) is 16.4. The van der Waals surface area contributed by atoms with E-state index in [4.69, 9.17) is 4.74 Å². The lowest BCUT2D eigenvalue weighted by Crippen LogP contribution is -2.43. The second kappa shape index (κ2) is 14.5. The fraction of sp³-hybridized carbons (Fsp3) is 0.389. The van der Waals surface area contributed by atoms with E-state index in [1.165, 1.54) is 40.8 Å². The van der Waals surface area contributed by atoms with Crippen molar-refractivity contribution in [2.24, 2.45) is 4.99 Å². The monoisotopic (exact) mass is 692 g/mol. The maximum atomic E-state index is 13.5. The molecule has 0 radical (unpaired) electrons. The van der Waals surface area contributed by atoms with E-state index in [-0.39, 0.29) is 35.7 Å². The molecule has 13 heteroatoms. The number of thioether (sulfide) groups is 1. The van der Waals surface area contributed by atoms with Gasteiger partial charge in [-0.2, -0.15) is 4.99 Å². The summed E-state index contributed by atoms with van der Waals surface area (Å²) in [6.45, 7) is 6.49. The first-order chi connectivity index (χ1) is 23.5. The van der Waals surface area contributed by atoms with Crippen LogP contribution in [-0.2, 0) is 0 Å². The van der Waals surface area contributed by atoms with Gasteiger partial charge in [0.15, 0.2) is 11.0 Å². The Morgan fingerprint density at radius 3 is 2.45 bits per heavy atom. The van der Waals surface area contributed by atoms with Crippen LogP contribution in [0.15, 0.2) is 78.0 Å². The molecule has 258 valence electrons. The lowest BCUT2D eigenvalue weighted by molar-refractivity contribution is -0.274. The number of halogens is 3.